The molecule has 0 radical (unpaired) electrons. The largest absolute Gasteiger partial charge is 0.373 e. The average Bonchev–Trinajstić information content (AvgIpc) is 2.78. The van der Waals surface area contributed by atoms with Gasteiger partial charge in [0.2, 0.25) is 5.91 Å². The Morgan fingerprint density at radius 2 is 1.73 bits per heavy atom. The molecule has 1 aliphatic heterocycles. The maximum Gasteiger partial charge on any atom is 0.256 e. The van der Waals surface area contributed by atoms with Gasteiger partial charge in [-0.25, -0.2) is 4.90 Å². The van der Waals surface area contributed by atoms with Crippen molar-refractivity contribution in [1.82, 2.24) is 0 Å². The Balaban J connectivity index is 1.83. The first kappa shape index (κ1) is 14.3. The fraction of sp³-hybridized carbons (Fsp3) is 0.222. The molecule has 0 unspecified atom stereocenters. The van der Waals surface area contributed by atoms with Crippen LogP contribution in [0.3, 0.4) is 0 Å². The Morgan fingerprint density at radius 1 is 1.00 bits per heavy atom. The highest BCUT2D eigenvalue weighted by Crippen LogP contribution is 2.26. The monoisotopic (exact) mass is 294 g/mol. The molecule has 1 N–H and O–H groups in total. The van der Waals surface area contributed by atoms with Crippen LogP contribution in [0.5, 0.6) is 0 Å². The first-order valence-electron chi connectivity index (χ1n) is 7.32. The molecule has 112 valence electrons. The minimum atomic E-state index is -0.503. The Labute approximate surface area is 129 Å². The molecule has 2 aromatic rings. The molecular formula is C18H18N2O2. The lowest BCUT2D eigenvalue weighted by atomic mass is 10.1. The number of rotatable bonds is 3. The average molecular weight is 294 g/mol. The molecule has 0 bridgehead atoms. The zero-order chi connectivity index (χ0) is 15.7. The van der Waals surface area contributed by atoms with Crippen molar-refractivity contribution in [2.75, 3.05) is 10.2 Å². The van der Waals surface area contributed by atoms with Gasteiger partial charge in [-0.1, -0.05) is 24.3 Å². The molecular weight excluding hydrogens is 276 g/mol. The third kappa shape index (κ3) is 2.60. The number of nitrogens with one attached hydrogen (secondary N) is 1. The minimum absolute atomic E-state index is 0.165. The SMILES string of the molecule is Cc1ccc(N2C(=O)C[C@@H](Nc3ccccc3)C2=O)cc1C. The predicted molar refractivity (Wildman–Crippen MR) is 86.9 cm³/mol. The number of hydrogen-bond donors (Lipinski definition) is 1. The lowest BCUT2D eigenvalue weighted by Gasteiger charge is -2.17. The number of anilines is 2. The number of nitrogens with zero attached hydrogens (tertiary/aromatic N) is 1. The highest BCUT2D eigenvalue weighted by molar-refractivity contribution is 6.23. The summed E-state index contributed by atoms with van der Waals surface area (Å²) in [5, 5.41) is 3.13. The van der Waals surface area contributed by atoms with Crippen LogP contribution >= 0.6 is 0 Å². The van der Waals surface area contributed by atoms with E-state index in [1.807, 2.05) is 62.4 Å². The predicted octanol–water partition coefficient (Wildman–Crippen LogP) is 3.05. The van der Waals surface area contributed by atoms with E-state index >= 15 is 0 Å². The Morgan fingerprint density at radius 3 is 2.41 bits per heavy atom. The molecule has 4 nitrogen and oxygen atoms in total. The smallest absolute Gasteiger partial charge is 0.256 e. The van der Waals surface area contributed by atoms with Crippen LogP contribution in [0.2, 0.25) is 0 Å². The summed E-state index contributed by atoms with van der Waals surface area (Å²) in [6.45, 7) is 3.98. The normalized spacial score (nSPS) is 17.9. The van der Waals surface area contributed by atoms with Gasteiger partial charge in [0, 0.05) is 5.69 Å². The van der Waals surface area contributed by atoms with Crippen LogP contribution in [-0.4, -0.2) is 17.9 Å². The Hall–Kier alpha value is -2.62. The Kier molecular flexibility index (Phi) is 3.67. The third-order valence-corrected chi connectivity index (χ3v) is 4.01. The van der Waals surface area contributed by atoms with Crippen molar-refractivity contribution in [3.8, 4) is 0 Å². The van der Waals surface area contributed by atoms with E-state index in [1.54, 1.807) is 0 Å². The maximum atomic E-state index is 12.6. The van der Waals surface area contributed by atoms with Crippen LogP contribution in [-0.2, 0) is 9.59 Å². The van der Waals surface area contributed by atoms with E-state index < -0.39 is 6.04 Å². The molecule has 2 amide bonds. The number of benzene rings is 2. The number of carbonyl (C=O) groups is 2. The molecule has 4 heteroatoms. The summed E-state index contributed by atoms with van der Waals surface area (Å²) < 4.78 is 0. The third-order valence-electron chi connectivity index (χ3n) is 4.01. The summed E-state index contributed by atoms with van der Waals surface area (Å²) in [6, 6.07) is 14.6. The van der Waals surface area contributed by atoms with Gasteiger partial charge in [0.1, 0.15) is 6.04 Å². The van der Waals surface area contributed by atoms with E-state index in [0.29, 0.717) is 5.69 Å². The van der Waals surface area contributed by atoms with Gasteiger partial charge in [-0.15, -0.1) is 0 Å². The van der Waals surface area contributed by atoms with Crippen molar-refractivity contribution in [3.05, 3.63) is 59.7 Å². The van der Waals surface area contributed by atoms with Gasteiger partial charge >= 0.3 is 0 Å². The van der Waals surface area contributed by atoms with Crippen LogP contribution < -0.4 is 10.2 Å². The summed E-state index contributed by atoms with van der Waals surface area (Å²) in [7, 11) is 0. The fourth-order valence-electron chi connectivity index (χ4n) is 2.62. The van der Waals surface area contributed by atoms with E-state index in [1.165, 1.54) is 4.90 Å². The van der Waals surface area contributed by atoms with Crippen LogP contribution in [0.25, 0.3) is 0 Å². The van der Waals surface area contributed by atoms with Gasteiger partial charge in [0.25, 0.3) is 5.91 Å². The number of hydrogen-bond acceptors (Lipinski definition) is 3. The van der Waals surface area contributed by atoms with Crippen LogP contribution in [0, 0.1) is 13.8 Å². The number of para-hydroxylation sites is 1. The van der Waals surface area contributed by atoms with Gasteiger partial charge in [0.05, 0.1) is 12.1 Å². The van der Waals surface area contributed by atoms with Crippen LogP contribution in [0.1, 0.15) is 17.5 Å². The summed E-state index contributed by atoms with van der Waals surface area (Å²) in [4.78, 5) is 26.1. The van der Waals surface area contributed by atoms with E-state index in [4.69, 9.17) is 0 Å². The molecule has 1 saturated heterocycles. The van der Waals surface area contributed by atoms with Crippen LogP contribution in [0.4, 0.5) is 11.4 Å². The van der Waals surface area contributed by atoms with Crippen molar-refractivity contribution in [2.24, 2.45) is 0 Å². The lowest BCUT2D eigenvalue weighted by molar-refractivity contribution is -0.121. The summed E-state index contributed by atoms with van der Waals surface area (Å²) in [6.07, 6.45) is 0.181. The summed E-state index contributed by atoms with van der Waals surface area (Å²) in [5.74, 6) is -0.362. The van der Waals surface area contributed by atoms with E-state index in [2.05, 4.69) is 5.32 Å². The molecule has 1 aliphatic rings. The first-order chi connectivity index (χ1) is 10.6. The molecule has 0 aromatic heterocycles. The second-order valence-corrected chi connectivity index (χ2v) is 5.60. The quantitative estimate of drug-likeness (QED) is 0.885. The highest BCUT2D eigenvalue weighted by atomic mass is 16.2. The standard InChI is InChI=1S/C18H18N2O2/c1-12-8-9-15(10-13(12)2)20-17(21)11-16(18(20)22)19-14-6-4-3-5-7-14/h3-10,16,19H,11H2,1-2H3/t16-/m1/s1. The van der Waals surface area contributed by atoms with E-state index in [0.717, 1.165) is 16.8 Å². The van der Waals surface area contributed by atoms with Gasteiger partial charge in [0.15, 0.2) is 0 Å². The molecule has 1 heterocycles. The number of aryl methyl sites for hydroxylation is 2. The van der Waals surface area contributed by atoms with Crippen molar-refractivity contribution >= 4 is 23.2 Å². The fourth-order valence-corrected chi connectivity index (χ4v) is 2.62. The van der Waals surface area contributed by atoms with Gasteiger partial charge < -0.3 is 5.32 Å². The lowest BCUT2D eigenvalue weighted by Crippen LogP contribution is -2.34. The minimum Gasteiger partial charge on any atom is -0.373 e. The summed E-state index contributed by atoms with van der Waals surface area (Å²) >= 11 is 0. The van der Waals surface area contributed by atoms with Gasteiger partial charge in [-0.3, -0.25) is 9.59 Å². The number of carbonyl (C=O) groups excluding carboxylic acids is 2. The zero-order valence-corrected chi connectivity index (χ0v) is 12.7. The molecule has 0 saturated carbocycles. The number of amides is 2. The molecule has 3 rings (SSSR count). The van der Waals surface area contributed by atoms with Crippen molar-refractivity contribution in [3.63, 3.8) is 0 Å². The number of imide groups is 1. The molecule has 0 aliphatic carbocycles. The molecule has 2 aromatic carbocycles. The highest BCUT2D eigenvalue weighted by Gasteiger charge is 2.39. The second-order valence-electron chi connectivity index (χ2n) is 5.60. The topological polar surface area (TPSA) is 49.4 Å². The maximum absolute atomic E-state index is 12.6. The zero-order valence-electron chi connectivity index (χ0n) is 12.7. The molecule has 0 spiro atoms. The van der Waals surface area contributed by atoms with Crippen LogP contribution in [0.15, 0.2) is 48.5 Å². The molecule has 1 fully saturated rings. The van der Waals surface area contributed by atoms with Crippen molar-refractivity contribution < 1.29 is 9.59 Å². The van der Waals surface area contributed by atoms with Gasteiger partial charge in [-0.05, 0) is 49.2 Å². The molecule has 1 atom stereocenters. The van der Waals surface area contributed by atoms with Crippen molar-refractivity contribution in [1.29, 1.82) is 0 Å². The second kappa shape index (κ2) is 5.64. The molecule has 22 heavy (non-hydrogen) atoms. The van der Waals surface area contributed by atoms with E-state index in [-0.39, 0.29) is 18.2 Å². The van der Waals surface area contributed by atoms with E-state index in [9.17, 15) is 9.59 Å². The Bertz CT molecular complexity index is 725. The van der Waals surface area contributed by atoms with Gasteiger partial charge in [-0.2, -0.15) is 0 Å². The first-order valence-corrected chi connectivity index (χ1v) is 7.32. The van der Waals surface area contributed by atoms with Crippen molar-refractivity contribution in [2.45, 2.75) is 26.3 Å². The summed E-state index contributed by atoms with van der Waals surface area (Å²) in [5.41, 5.74) is 3.70.